The van der Waals surface area contributed by atoms with Crippen LogP contribution in [0.1, 0.15) is 27.0 Å². The van der Waals surface area contributed by atoms with Crippen LogP contribution >= 0.6 is 0 Å². The first-order valence-electron chi connectivity index (χ1n) is 7.79. The van der Waals surface area contributed by atoms with Crippen LogP contribution in [0.2, 0.25) is 0 Å². The van der Waals surface area contributed by atoms with Gasteiger partial charge in [0.2, 0.25) is 0 Å². The predicted octanol–water partition coefficient (Wildman–Crippen LogP) is 2.92. The smallest absolute Gasteiger partial charge is 0.335 e. The van der Waals surface area contributed by atoms with Crippen LogP contribution in [0.15, 0.2) is 67.0 Å². The van der Waals surface area contributed by atoms with Crippen LogP contribution in [0.25, 0.3) is 0 Å². The van der Waals surface area contributed by atoms with E-state index in [0.29, 0.717) is 12.1 Å². The van der Waals surface area contributed by atoms with E-state index in [1.165, 1.54) is 5.56 Å². The fraction of sp³-hybridized carbons (Fsp3) is 0.158. The Labute approximate surface area is 140 Å². The summed E-state index contributed by atoms with van der Waals surface area (Å²) in [5.41, 5.74) is 3.70. The second-order valence-corrected chi connectivity index (χ2v) is 5.64. The summed E-state index contributed by atoms with van der Waals surface area (Å²) in [7, 11) is 0. The molecule has 3 aromatic rings. The van der Waals surface area contributed by atoms with Gasteiger partial charge in [-0.3, -0.25) is 4.68 Å². The van der Waals surface area contributed by atoms with Crippen molar-refractivity contribution >= 4 is 5.97 Å². The van der Waals surface area contributed by atoms with Crippen LogP contribution in [0.3, 0.4) is 0 Å². The lowest BCUT2D eigenvalue weighted by Gasteiger charge is -2.04. The van der Waals surface area contributed by atoms with Gasteiger partial charge in [-0.05, 0) is 23.3 Å². The molecule has 0 radical (unpaired) electrons. The normalized spacial score (nSPS) is 10.7. The number of hydrogen-bond acceptors (Lipinski definition) is 3. The van der Waals surface area contributed by atoms with Gasteiger partial charge in [-0.1, -0.05) is 42.5 Å². The molecule has 0 aliphatic heterocycles. The summed E-state index contributed by atoms with van der Waals surface area (Å²) in [5.74, 6) is -0.902. The summed E-state index contributed by atoms with van der Waals surface area (Å²) in [4.78, 5) is 10.8. The standard InChI is InChI=1S/C19H19N3O2/c23-19(24)18-8-6-15(7-9-18)10-20-11-17-12-21-22(14-17)13-16-4-2-1-3-5-16/h1-9,12,14,20H,10-11,13H2,(H,23,24). The molecule has 0 saturated heterocycles. The third-order valence-corrected chi connectivity index (χ3v) is 3.73. The predicted molar refractivity (Wildman–Crippen MR) is 91.7 cm³/mol. The fourth-order valence-electron chi connectivity index (χ4n) is 2.47. The summed E-state index contributed by atoms with van der Waals surface area (Å²) in [6, 6.07) is 17.1. The number of hydrogen-bond donors (Lipinski definition) is 2. The van der Waals surface area contributed by atoms with E-state index >= 15 is 0 Å². The largest absolute Gasteiger partial charge is 0.478 e. The molecule has 0 amide bonds. The highest BCUT2D eigenvalue weighted by atomic mass is 16.4. The molecule has 2 N–H and O–H groups in total. The summed E-state index contributed by atoms with van der Waals surface area (Å²) >= 11 is 0. The lowest BCUT2D eigenvalue weighted by atomic mass is 10.1. The number of carbonyl (C=O) groups is 1. The second kappa shape index (κ2) is 7.57. The number of rotatable bonds is 7. The van der Waals surface area contributed by atoms with E-state index in [4.69, 9.17) is 5.11 Å². The monoisotopic (exact) mass is 321 g/mol. The maximum Gasteiger partial charge on any atom is 0.335 e. The average Bonchev–Trinajstić information content (AvgIpc) is 3.03. The Balaban J connectivity index is 1.49. The quantitative estimate of drug-likeness (QED) is 0.702. The molecule has 0 spiro atoms. The van der Waals surface area contributed by atoms with E-state index in [1.807, 2.05) is 47.4 Å². The summed E-state index contributed by atoms with van der Waals surface area (Å²) in [6.45, 7) is 2.16. The first-order chi connectivity index (χ1) is 11.7. The van der Waals surface area contributed by atoms with Crippen molar-refractivity contribution in [3.05, 3.63) is 89.2 Å². The topological polar surface area (TPSA) is 67.2 Å². The van der Waals surface area contributed by atoms with E-state index in [0.717, 1.165) is 24.2 Å². The van der Waals surface area contributed by atoms with Gasteiger partial charge in [-0.15, -0.1) is 0 Å². The maximum absolute atomic E-state index is 10.8. The third kappa shape index (κ3) is 4.30. The van der Waals surface area contributed by atoms with E-state index in [-0.39, 0.29) is 0 Å². The number of nitrogens with one attached hydrogen (secondary N) is 1. The van der Waals surface area contributed by atoms with Gasteiger partial charge in [-0.2, -0.15) is 5.10 Å². The molecule has 5 heteroatoms. The summed E-state index contributed by atoms with van der Waals surface area (Å²) < 4.78 is 1.92. The van der Waals surface area contributed by atoms with Gasteiger partial charge < -0.3 is 10.4 Å². The lowest BCUT2D eigenvalue weighted by Crippen LogP contribution is -2.12. The highest BCUT2D eigenvalue weighted by Gasteiger charge is 2.02. The van der Waals surface area contributed by atoms with Crippen LogP contribution in [0.4, 0.5) is 0 Å². The zero-order valence-corrected chi connectivity index (χ0v) is 13.2. The number of aromatic carboxylic acids is 1. The van der Waals surface area contributed by atoms with Crippen molar-refractivity contribution in [1.29, 1.82) is 0 Å². The minimum atomic E-state index is -0.902. The molecular weight excluding hydrogens is 302 g/mol. The Kier molecular flexibility index (Phi) is 5.03. The van der Waals surface area contributed by atoms with Crippen LogP contribution in [0, 0.1) is 0 Å². The van der Waals surface area contributed by atoms with Crippen molar-refractivity contribution in [3.8, 4) is 0 Å². The Morgan fingerprint density at radius 1 is 0.958 bits per heavy atom. The number of aromatic nitrogens is 2. The molecule has 1 heterocycles. The second-order valence-electron chi connectivity index (χ2n) is 5.64. The van der Waals surface area contributed by atoms with Gasteiger partial charge in [0, 0.05) is 24.8 Å². The summed E-state index contributed by atoms with van der Waals surface area (Å²) in [6.07, 6.45) is 3.90. The SMILES string of the molecule is O=C(O)c1ccc(CNCc2cnn(Cc3ccccc3)c2)cc1. The molecule has 0 aliphatic rings. The van der Waals surface area contributed by atoms with Gasteiger partial charge in [0.1, 0.15) is 0 Å². The molecule has 0 saturated carbocycles. The van der Waals surface area contributed by atoms with Gasteiger partial charge in [0.25, 0.3) is 0 Å². The van der Waals surface area contributed by atoms with Crippen molar-refractivity contribution in [2.45, 2.75) is 19.6 Å². The zero-order chi connectivity index (χ0) is 16.8. The summed E-state index contributed by atoms with van der Waals surface area (Å²) in [5, 5.41) is 16.6. The fourth-order valence-corrected chi connectivity index (χ4v) is 2.47. The third-order valence-electron chi connectivity index (χ3n) is 3.73. The number of nitrogens with zero attached hydrogens (tertiary/aromatic N) is 2. The van der Waals surface area contributed by atoms with Crippen LogP contribution in [-0.4, -0.2) is 20.9 Å². The van der Waals surface area contributed by atoms with Crippen molar-refractivity contribution in [3.63, 3.8) is 0 Å². The van der Waals surface area contributed by atoms with Gasteiger partial charge in [-0.25, -0.2) is 4.79 Å². The molecule has 0 aliphatic carbocycles. The highest BCUT2D eigenvalue weighted by molar-refractivity contribution is 5.87. The van der Waals surface area contributed by atoms with Crippen LogP contribution < -0.4 is 5.32 Å². The number of benzene rings is 2. The zero-order valence-electron chi connectivity index (χ0n) is 13.2. The van der Waals surface area contributed by atoms with Gasteiger partial charge in [0.15, 0.2) is 0 Å². The van der Waals surface area contributed by atoms with Crippen LogP contribution in [0.5, 0.6) is 0 Å². The molecule has 0 atom stereocenters. The van der Waals surface area contributed by atoms with Gasteiger partial charge >= 0.3 is 5.97 Å². The molecule has 0 unspecified atom stereocenters. The molecule has 122 valence electrons. The highest BCUT2D eigenvalue weighted by Crippen LogP contribution is 2.06. The van der Waals surface area contributed by atoms with Gasteiger partial charge in [0.05, 0.1) is 18.3 Å². The van der Waals surface area contributed by atoms with Crippen molar-refractivity contribution in [1.82, 2.24) is 15.1 Å². The Hall–Kier alpha value is -2.92. The molecule has 1 aromatic heterocycles. The van der Waals surface area contributed by atoms with Crippen molar-refractivity contribution < 1.29 is 9.90 Å². The first kappa shape index (κ1) is 16.0. The Bertz CT molecular complexity index is 795. The molecule has 24 heavy (non-hydrogen) atoms. The van der Waals surface area contributed by atoms with Crippen molar-refractivity contribution in [2.75, 3.05) is 0 Å². The first-order valence-corrected chi connectivity index (χ1v) is 7.79. The maximum atomic E-state index is 10.8. The Morgan fingerprint density at radius 3 is 2.38 bits per heavy atom. The van der Waals surface area contributed by atoms with E-state index < -0.39 is 5.97 Å². The molecule has 5 nitrogen and oxygen atoms in total. The number of carboxylic acids is 1. The molecule has 3 rings (SSSR count). The molecular formula is C19H19N3O2. The lowest BCUT2D eigenvalue weighted by molar-refractivity contribution is 0.0697. The minimum absolute atomic E-state index is 0.306. The molecule has 2 aromatic carbocycles. The van der Waals surface area contributed by atoms with Crippen molar-refractivity contribution in [2.24, 2.45) is 0 Å². The van der Waals surface area contributed by atoms with E-state index in [2.05, 4.69) is 22.5 Å². The number of carboxylic acid groups (broad SMARTS) is 1. The van der Waals surface area contributed by atoms with E-state index in [1.54, 1.807) is 12.1 Å². The average molecular weight is 321 g/mol. The molecule has 0 fully saturated rings. The van der Waals surface area contributed by atoms with E-state index in [9.17, 15) is 4.79 Å². The van der Waals surface area contributed by atoms with Crippen LogP contribution in [-0.2, 0) is 19.6 Å². The Morgan fingerprint density at radius 2 is 1.67 bits per heavy atom. The molecule has 0 bridgehead atoms. The minimum Gasteiger partial charge on any atom is -0.478 e.